The number of benzene rings is 1. The van der Waals surface area contributed by atoms with Crippen molar-refractivity contribution in [3.63, 3.8) is 0 Å². The number of hydrogen-bond acceptors (Lipinski definition) is 3. The highest BCUT2D eigenvalue weighted by molar-refractivity contribution is 5.32. The summed E-state index contributed by atoms with van der Waals surface area (Å²) in [6, 6.07) is 8.79. The molecule has 0 amide bonds. The van der Waals surface area contributed by atoms with Crippen LogP contribution in [0.15, 0.2) is 30.5 Å². The lowest BCUT2D eigenvalue weighted by molar-refractivity contribution is 0.542. The monoisotopic (exact) mass is 265 g/mol. The van der Waals surface area contributed by atoms with Crippen LogP contribution in [0.25, 0.3) is 0 Å². The smallest absolute Gasteiger partial charge is 0.131 e. The molecule has 2 aliphatic rings. The summed E-state index contributed by atoms with van der Waals surface area (Å²) in [6.45, 7) is 1.96. The van der Waals surface area contributed by atoms with Gasteiger partial charge >= 0.3 is 0 Å². The van der Waals surface area contributed by atoms with Crippen LogP contribution >= 0.6 is 0 Å². The van der Waals surface area contributed by atoms with Gasteiger partial charge in [0.15, 0.2) is 0 Å². The second-order valence-electron chi connectivity index (χ2n) is 5.84. The first-order chi connectivity index (χ1) is 9.90. The standard InChI is InChI=1S/C17H19N3/c1-2-4-13-9-14(6-5-12(13)3-1)17-19-11-15-10-18-8-7-16(15)20-17/h1-4,11,14,18H,5-10H2. The predicted molar refractivity (Wildman–Crippen MR) is 78.7 cm³/mol. The van der Waals surface area contributed by atoms with Gasteiger partial charge in [-0.3, -0.25) is 0 Å². The van der Waals surface area contributed by atoms with Crippen LogP contribution in [-0.2, 0) is 25.8 Å². The zero-order valence-corrected chi connectivity index (χ0v) is 11.6. The molecule has 1 aliphatic carbocycles. The third-order valence-electron chi connectivity index (χ3n) is 4.54. The Balaban J connectivity index is 1.63. The average Bonchev–Trinajstić information content (AvgIpc) is 2.54. The molecule has 3 nitrogen and oxygen atoms in total. The van der Waals surface area contributed by atoms with Gasteiger partial charge in [0.05, 0.1) is 0 Å². The van der Waals surface area contributed by atoms with Gasteiger partial charge in [-0.1, -0.05) is 24.3 Å². The number of nitrogens with zero attached hydrogens (tertiary/aromatic N) is 2. The molecule has 1 aromatic carbocycles. The molecule has 0 saturated carbocycles. The maximum Gasteiger partial charge on any atom is 0.131 e. The van der Waals surface area contributed by atoms with Crippen molar-refractivity contribution in [3.05, 3.63) is 58.7 Å². The molecule has 102 valence electrons. The minimum Gasteiger partial charge on any atom is -0.312 e. The fourth-order valence-electron chi connectivity index (χ4n) is 3.37. The van der Waals surface area contributed by atoms with Gasteiger partial charge in [-0.25, -0.2) is 9.97 Å². The lowest BCUT2D eigenvalue weighted by Gasteiger charge is -2.25. The topological polar surface area (TPSA) is 37.8 Å². The lowest BCUT2D eigenvalue weighted by atomic mass is 9.83. The normalized spacial score (nSPS) is 21.1. The van der Waals surface area contributed by atoms with E-state index in [-0.39, 0.29) is 0 Å². The number of nitrogens with one attached hydrogen (secondary N) is 1. The van der Waals surface area contributed by atoms with E-state index in [1.54, 1.807) is 0 Å². The minimum atomic E-state index is 0.491. The molecule has 1 unspecified atom stereocenters. The van der Waals surface area contributed by atoms with Crippen molar-refractivity contribution < 1.29 is 0 Å². The zero-order chi connectivity index (χ0) is 13.4. The molecule has 0 bridgehead atoms. The Bertz CT molecular complexity index is 636. The number of hydrogen-bond donors (Lipinski definition) is 1. The first kappa shape index (κ1) is 12.0. The van der Waals surface area contributed by atoms with Crippen molar-refractivity contribution in [2.45, 2.75) is 38.1 Å². The zero-order valence-electron chi connectivity index (χ0n) is 11.6. The Hall–Kier alpha value is -1.74. The quantitative estimate of drug-likeness (QED) is 0.860. The summed E-state index contributed by atoms with van der Waals surface area (Å²) in [5, 5.41) is 3.37. The molecule has 0 spiro atoms. The summed E-state index contributed by atoms with van der Waals surface area (Å²) in [4.78, 5) is 9.50. The summed E-state index contributed by atoms with van der Waals surface area (Å²) < 4.78 is 0. The first-order valence-corrected chi connectivity index (χ1v) is 7.52. The van der Waals surface area contributed by atoms with E-state index in [0.29, 0.717) is 5.92 Å². The van der Waals surface area contributed by atoms with Gasteiger partial charge in [0.25, 0.3) is 0 Å². The molecule has 1 aromatic heterocycles. The number of aryl methyl sites for hydroxylation is 1. The van der Waals surface area contributed by atoms with Crippen molar-refractivity contribution >= 4 is 0 Å². The summed E-state index contributed by atoms with van der Waals surface area (Å²) in [5.41, 5.74) is 5.52. The molecule has 2 heterocycles. The molecule has 1 atom stereocenters. The van der Waals surface area contributed by atoms with Crippen molar-refractivity contribution in [1.82, 2.24) is 15.3 Å². The van der Waals surface area contributed by atoms with E-state index in [1.807, 2.05) is 6.20 Å². The molecular weight excluding hydrogens is 246 g/mol. The van der Waals surface area contributed by atoms with E-state index in [2.05, 4.69) is 34.6 Å². The van der Waals surface area contributed by atoms with Crippen LogP contribution in [0.3, 0.4) is 0 Å². The third-order valence-corrected chi connectivity index (χ3v) is 4.54. The average molecular weight is 265 g/mol. The Morgan fingerprint density at radius 1 is 1.05 bits per heavy atom. The first-order valence-electron chi connectivity index (χ1n) is 7.52. The van der Waals surface area contributed by atoms with Gasteiger partial charge < -0.3 is 5.32 Å². The number of aromatic nitrogens is 2. The fraction of sp³-hybridized carbons (Fsp3) is 0.412. The second-order valence-corrected chi connectivity index (χ2v) is 5.84. The Labute approximate surface area is 119 Å². The number of rotatable bonds is 1. The molecule has 0 fully saturated rings. The van der Waals surface area contributed by atoms with Gasteiger partial charge in [-0.15, -0.1) is 0 Å². The predicted octanol–water partition coefficient (Wildman–Crippen LogP) is 2.39. The van der Waals surface area contributed by atoms with E-state index in [4.69, 9.17) is 4.98 Å². The summed E-state index contributed by atoms with van der Waals surface area (Å²) in [7, 11) is 0. The van der Waals surface area contributed by atoms with E-state index < -0.39 is 0 Å². The van der Waals surface area contributed by atoms with Crippen LogP contribution in [0, 0.1) is 0 Å². The van der Waals surface area contributed by atoms with Gasteiger partial charge in [-0.2, -0.15) is 0 Å². The van der Waals surface area contributed by atoms with Crippen LogP contribution in [-0.4, -0.2) is 16.5 Å². The lowest BCUT2D eigenvalue weighted by Crippen LogP contribution is -2.26. The van der Waals surface area contributed by atoms with Crippen LogP contribution in [0.5, 0.6) is 0 Å². The van der Waals surface area contributed by atoms with Gasteiger partial charge in [-0.05, 0) is 30.4 Å². The van der Waals surface area contributed by atoms with Crippen LogP contribution < -0.4 is 5.32 Å². The Kier molecular flexibility index (Phi) is 3.00. The highest BCUT2D eigenvalue weighted by Gasteiger charge is 2.23. The van der Waals surface area contributed by atoms with E-state index in [9.17, 15) is 0 Å². The molecule has 1 N–H and O–H groups in total. The maximum absolute atomic E-state index is 4.86. The van der Waals surface area contributed by atoms with E-state index >= 15 is 0 Å². The molecular formula is C17H19N3. The molecule has 0 radical (unpaired) electrons. The SMILES string of the molecule is c1ccc2c(c1)CCC(c1ncc3c(n1)CCNC3)C2. The van der Waals surface area contributed by atoms with Crippen molar-refractivity contribution in [3.8, 4) is 0 Å². The molecule has 2 aromatic rings. The van der Waals surface area contributed by atoms with E-state index in [1.165, 1.54) is 28.8 Å². The van der Waals surface area contributed by atoms with Gasteiger partial charge in [0.2, 0.25) is 0 Å². The summed E-state index contributed by atoms with van der Waals surface area (Å²) in [5.74, 6) is 1.55. The van der Waals surface area contributed by atoms with Crippen molar-refractivity contribution in [2.75, 3.05) is 6.54 Å². The highest BCUT2D eigenvalue weighted by atomic mass is 14.9. The Morgan fingerprint density at radius 3 is 2.90 bits per heavy atom. The third kappa shape index (κ3) is 2.12. The van der Waals surface area contributed by atoms with Crippen LogP contribution in [0.4, 0.5) is 0 Å². The maximum atomic E-state index is 4.86. The van der Waals surface area contributed by atoms with Gasteiger partial charge in [0.1, 0.15) is 5.82 Å². The highest BCUT2D eigenvalue weighted by Crippen LogP contribution is 2.31. The molecule has 20 heavy (non-hydrogen) atoms. The van der Waals surface area contributed by atoms with Crippen LogP contribution in [0.2, 0.25) is 0 Å². The van der Waals surface area contributed by atoms with Crippen molar-refractivity contribution in [1.29, 1.82) is 0 Å². The van der Waals surface area contributed by atoms with Crippen LogP contribution in [0.1, 0.15) is 40.5 Å². The van der Waals surface area contributed by atoms with E-state index in [0.717, 1.165) is 38.2 Å². The van der Waals surface area contributed by atoms with Gasteiger partial charge in [0, 0.05) is 42.9 Å². The molecule has 0 saturated heterocycles. The second kappa shape index (κ2) is 4.98. The minimum absolute atomic E-state index is 0.491. The fourth-order valence-corrected chi connectivity index (χ4v) is 3.37. The molecule has 1 aliphatic heterocycles. The summed E-state index contributed by atoms with van der Waals surface area (Å²) in [6.07, 6.45) is 6.49. The number of fused-ring (bicyclic) bond motifs is 2. The summed E-state index contributed by atoms with van der Waals surface area (Å²) >= 11 is 0. The largest absolute Gasteiger partial charge is 0.312 e. The molecule has 3 heteroatoms. The molecule has 4 rings (SSSR count). The Morgan fingerprint density at radius 2 is 1.95 bits per heavy atom. The van der Waals surface area contributed by atoms with Crippen molar-refractivity contribution in [2.24, 2.45) is 0 Å².